The fourth-order valence-corrected chi connectivity index (χ4v) is 13.9. The molecule has 3 aliphatic heterocycles. The van der Waals surface area contributed by atoms with Gasteiger partial charge in [-0.15, -0.1) is 0 Å². The van der Waals surface area contributed by atoms with E-state index in [1.165, 1.54) is 238 Å². The summed E-state index contributed by atoms with van der Waals surface area (Å²) in [4.78, 5) is 13.5. The molecule has 19 nitrogen and oxygen atoms in total. The first-order valence-electron chi connectivity index (χ1n) is 42.2. The summed E-state index contributed by atoms with van der Waals surface area (Å²) in [5.74, 6) is -0.286. The Morgan fingerprint density at radius 1 is 0.346 bits per heavy atom. The predicted octanol–water partition coefficient (Wildman–Crippen LogP) is 14.8. The van der Waals surface area contributed by atoms with Crippen LogP contribution in [0, 0.1) is 0 Å². The maximum atomic E-state index is 13.5. The lowest BCUT2D eigenvalue weighted by Gasteiger charge is -2.48. The van der Waals surface area contributed by atoms with E-state index in [0.29, 0.717) is 12.8 Å². The molecule has 17 unspecified atom stereocenters. The Hall–Kier alpha value is -2.77. The molecule has 0 saturated carbocycles. The van der Waals surface area contributed by atoms with Crippen molar-refractivity contribution in [3.8, 4) is 0 Å². The maximum Gasteiger partial charge on any atom is 0.220 e. The van der Waals surface area contributed by atoms with Crippen LogP contribution in [0.25, 0.3) is 0 Å². The van der Waals surface area contributed by atoms with Crippen molar-refractivity contribution in [1.29, 1.82) is 0 Å². The summed E-state index contributed by atoms with van der Waals surface area (Å²) < 4.78 is 34.4. The molecule has 0 aliphatic carbocycles. The van der Waals surface area contributed by atoms with Crippen LogP contribution in [0.5, 0.6) is 0 Å². The molecule has 3 fully saturated rings. The standard InChI is InChI=1S/C85H153NO18/c1-3-5-7-9-11-13-15-17-19-21-23-25-27-29-30-31-32-33-34-35-36-37-38-39-41-43-45-47-49-51-53-55-57-59-61-63-73(91)86-68(69(90)62-60-58-56-54-52-50-48-46-44-42-40-28-26-24-22-20-18-16-14-12-10-8-6-4-2)67-99-83-79(97)76(94)81(71(65-88)101-83)104-85-80(98)77(95)82(72(66-89)102-85)103-84-78(96)75(93)74(92)70(64-87)100-84/h15,17,21,23,27,29,44,46,52,54,60,62,68-72,74-85,87-90,92-98H,3-14,16,18-20,22,24-26,28,30-43,45,47-51,53,55-59,61,63-67H2,1-2H3,(H,86,91)/b17-15-,23-21-,29-27-,46-44+,54-52+,62-60+. The molecular weight excluding hydrogens is 1320 g/mol. The fraction of sp³-hybridized carbons (Fsp3) is 0.847. The van der Waals surface area contributed by atoms with Crippen molar-refractivity contribution in [2.24, 2.45) is 0 Å². The van der Waals surface area contributed by atoms with E-state index in [9.17, 15) is 61.0 Å². The molecule has 3 aliphatic rings. The van der Waals surface area contributed by atoms with Gasteiger partial charge in [0.25, 0.3) is 0 Å². The largest absolute Gasteiger partial charge is 0.394 e. The monoisotopic (exact) mass is 1480 g/mol. The Morgan fingerprint density at radius 2 is 0.644 bits per heavy atom. The van der Waals surface area contributed by atoms with Gasteiger partial charge in [0, 0.05) is 6.42 Å². The van der Waals surface area contributed by atoms with Gasteiger partial charge in [0.2, 0.25) is 5.91 Å². The van der Waals surface area contributed by atoms with Crippen LogP contribution in [0.2, 0.25) is 0 Å². The van der Waals surface area contributed by atoms with Crippen molar-refractivity contribution < 1.29 is 89.4 Å². The van der Waals surface area contributed by atoms with Crippen molar-refractivity contribution >= 4 is 5.91 Å². The Morgan fingerprint density at radius 3 is 1.03 bits per heavy atom. The van der Waals surface area contributed by atoms with Gasteiger partial charge in [0.15, 0.2) is 18.9 Å². The third-order valence-corrected chi connectivity index (χ3v) is 20.7. The third kappa shape index (κ3) is 44.2. The van der Waals surface area contributed by atoms with Crippen LogP contribution in [0.3, 0.4) is 0 Å². The Kier molecular flexibility index (Phi) is 59.6. The minimum atomic E-state index is -1.99. The number of carbonyl (C=O) groups is 1. The first kappa shape index (κ1) is 95.4. The summed E-state index contributed by atoms with van der Waals surface area (Å²) >= 11 is 0. The minimum Gasteiger partial charge on any atom is -0.394 e. The number of ether oxygens (including phenoxy) is 6. The molecule has 0 bridgehead atoms. The van der Waals surface area contributed by atoms with Gasteiger partial charge in [0.05, 0.1) is 38.6 Å². The fourth-order valence-electron chi connectivity index (χ4n) is 13.9. The van der Waals surface area contributed by atoms with E-state index >= 15 is 0 Å². The number of hydrogen-bond acceptors (Lipinski definition) is 18. The van der Waals surface area contributed by atoms with E-state index in [-0.39, 0.29) is 18.9 Å². The summed E-state index contributed by atoms with van der Waals surface area (Å²) in [5.41, 5.74) is 0. The topological polar surface area (TPSA) is 307 Å². The van der Waals surface area contributed by atoms with Crippen molar-refractivity contribution in [3.05, 3.63) is 72.9 Å². The lowest BCUT2D eigenvalue weighted by Crippen LogP contribution is -2.66. The molecule has 104 heavy (non-hydrogen) atoms. The normalized spacial score (nSPS) is 26.3. The van der Waals surface area contributed by atoms with Crippen LogP contribution < -0.4 is 5.32 Å². The average Bonchev–Trinajstić information content (AvgIpc) is 0.783. The summed E-state index contributed by atoms with van der Waals surface area (Å²) in [6.45, 7) is 1.74. The van der Waals surface area contributed by atoms with Crippen LogP contribution in [-0.4, -0.2) is 193 Å². The van der Waals surface area contributed by atoms with Gasteiger partial charge >= 0.3 is 0 Å². The van der Waals surface area contributed by atoms with Crippen molar-refractivity contribution in [2.75, 3.05) is 26.4 Å². The highest BCUT2D eigenvalue weighted by molar-refractivity contribution is 5.76. The van der Waals surface area contributed by atoms with E-state index in [1.807, 2.05) is 6.08 Å². The second-order valence-electron chi connectivity index (χ2n) is 29.9. The van der Waals surface area contributed by atoms with Crippen LogP contribution >= 0.6 is 0 Å². The summed E-state index contributed by atoms with van der Waals surface area (Å²) in [6, 6.07) is -1.000. The maximum absolute atomic E-state index is 13.5. The lowest BCUT2D eigenvalue weighted by molar-refractivity contribution is -0.379. The smallest absolute Gasteiger partial charge is 0.220 e. The number of aliphatic hydroxyl groups is 11. The highest BCUT2D eigenvalue weighted by Crippen LogP contribution is 2.33. The number of hydrogen-bond donors (Lipinski definition) is 12. The van der Waals surface area contributed by atoms with Gasteiger partial charge in [-0.3, -0.25) is 4.79 Å². The summed E-state index contributed by atoms with van der Waals surface area (Å²) in [5, 5.41) is 121. The van der Waals surface area contributed by atoms with Crippen LogP contribution in [0.4, 0.5) is 0 Å². The molecule has 19 heteroatoms. The van der Waals surface area contributed by atoms with Crippen LogP contribution in [0.15, 0.2) is 72.9 Å². The second kappa shape index (κ2) is 65.0. The molecule has 3 heterocycles. The zero-order chi connectivity index (χ0) is 75.3. The first-order chi connectivity index (χ1) is 50.8. The highest BCUT2D eigenvalue weighted by Gasteiger charge is 2.54. The number of unbranched alkanes of at least 4 members (excludes halogenated alkanes) is 41. The molecule has 3 rings (SSSR count). The van der Waals surface area contributed by atoms with Gasteiger partial charge < -0.3 is 89.9 Å². The van der Waals surface area contributed by atoms with Crippen molar-refractivity contribution in [1.82, 2.24) is 5.32 Å². The summed E-state index contributed by atoms with van der Waals surface area (Å²) in [6.07, 6.45) is 59.0. The SMILES string of the molecule is CCCCCCC/C=C\C/C=C\C/C=C\CCCCCCCCCCCCCCCCCCCCCCC(=O)NC(COC1OC(CO)C(OC2OC(CO)C(OC3OC(CO)C(O)C(O)C3O)C(O)C2O)C(O)C1O)C(O)/C=C/CC/C=C/CC/C=C/CCCCCCCCCCCCCCCC. The van der Waals surface area contributed by atoms with E-state index < -0.39 is 124 Å². The van der Waals surface area contributed by atoms with E-state index in [4.69, 9.17) is 28.4 Å². The Labute approximate surface area is 629 Å². The molecular formula is C85H153NO18. The molecule has 12 N–H and O–H groups in total. The molecule has 3 saturated heterocycles. The van der Waals surface area contributed by atoms with Gasteiger partial charge in [-0.05, 0) is 83.5 Å². The van der Waals surface area contributed by atoms with Gasteiger partial charge in [-0.2, -0.15) is 0 Å². The quantitative estimate of drug-likeness (QED) is 0.0199. The molecule has 17 atom stereocenters. The Bertz CT molecular complexity index is 2160. The number of amides is 1. The predicted molar refractivity (Wildman–Crippen MR) is 415 cm³/mol. The van der Waals surface area contributed by atoms with Gasteiger partial charge in [-0.25, -0.2) is 0 Å². The molecule has 606 valence electrons. The van der Waals surface area contributed by atoms with Gasteiger partial charge in [-0.1, -0.05) is 311 Å². The number of allylic oxidation sites excluding steroid dienone is 11. The van der Waals surface area contributed by atoms with E-state index in [2.05, 4.69) is 79.9 Å². The number of aliphatic hydroxyl groups excluding tert-OH is 11. The molecule has 0 spiro atoms. The van der Waals surface area contributed by atoms with E-state index in [0.717, 1.165) is 57.8 Å². The molecule has 0 aromatic heterocycles. The number of rotatable bonds is 67. The summed E-state index contributed by atoms with van der Waals surface area (Å²) in [7, 11) is 0. The highest BCUT2D eigenvalue weighted by atomic mass is 16.8. The van der Waals surface area contributed by atoms with E-state index in [1.54, 1.807) is 6.08 Å². The first-order valence-corrected chi connectivity index (χ1v) is 42.2. The van der Waals surface area contributed by atoms with Crippen molar-refractivity contribution in [3.63, 3.8) is 0 Å². The average molecular weight is 1480 g/mol. The van der Waals surface area contributed by atoms with Crippen molar-refractivity contribution in [2.45, 2.75) is 433 Å². The van der Waals surface area contributed by atoms with Gasteiger partial charge in [0.1, 0.15) is 73.2 Å². The number of carbonyl (C=O) groups excluding carboxylic acids is 1. The third-order valence-electron chi connectivity index (χ3n) is 20.7. The molecule has 0 aromatic rings. The molecule has 1 amide bonds. The Balaban J connectivity index is 1.35. The second-order valence-corrected chi connectivity index (χ2v) is 29.9. The zero-order valence-corrected chi connectivity index (χ0v) is 65.0. The molecule has 0 aromatic carbocycles. The minimum absolute atomic E-state index is 0.232. The van der Waals surface area contributed by atoms with Crippen LogP contribution in [-0.2, 0) is 33.2 Å². The number of nitrogens with one attached hydrogen (secondary N) is 1. The molecule has 0 radical (unpaired) electrons. The van der Waals surface area contributed by atoms with Crippen LogP contribution in [0.1, 0.15) is 328 Å². The zero-order valence-electron chi connectivity index (χ0n) is 65.0. The lowest BCUT2D eigenvalue weighted by atomic mass is 9.96.